The number of nitrogens with one attached hydrogen (secondary N) is 1. The molecule has 2 aromatic rings. The lowest BCUT2D eigenvalue weighted by Gasteiger charge is -2.36. The Morgan fingerprint density at radius 3 is 2.53 bits per heavy atom. The van der Waals surface area contributed by atoms with Crippen molar-refractivity contribution in [2.75, 3.05) is 5.32 Å². The smallest absolute Gasteiger partial charge is 0.244 e. The summed E-state index contributed by atoms with van der Waals surface area (Å²) in [5.41, 5.74) is 5.97. The molecule has 0 aliphatic heterocycles. The predicted molar refractivity (Wildman–Crippen MR) is 75.0 cm³/mol. The SMILES string of the molecule is NC1(C(=O)Nc2cccc3c(O)cccc23)CCC1. The number of nitrogens with two attached hydrogens (primary N) is 1. The van der Waals surface area contributed by atoms with E-state index in [4.69, 9.17) is 5.73 Å². The molecule has 98 valence electrons. The first-order valence-electron chi connectivity index (χ1n) is 6.41. The minimum absolute atomic E-state index is 0.144. The number of fused-ring (bicyclic) bond motifs is 1. The van der Waals surface area contributed by atoms with Crippen LogP contribution >= 0.6 is 0 Å². The Labute approximate surface area is 111 Å². The molecule has 0 aromatic heterocycles. The van der Waals surface area contributed by atoms with Crippen LogP contribution in [0.5, 0.6) is 5.75 Å². The van der Waals surface area contributed by atoms with Gasteiger partial charge in [0.2, 0.25) is 5.91 Å². The molecule has 0 unspecified atom stereocenters. The number of benzene rings is 2. The number of amides is 1. The molecule has 0 radical (unpaired) electrons. The van der Waals surface area contributed by atoms with Gasteiger partial charge < -0.3 is 16.2 Å². The summed E-state index contributed by atoms with van der Waals surface area (Å²) in [6.07, 6.45) is 2.46. The first-order chi connectivity index (χ1) is 9.10. The molecule has 0 saturated heterocycles. The number of rotatable bonds is 2. The standard InChI is InChI=1S/C15H16N2O2/c16-15(8-3-9-15)14(19)17-12-6-1-5-11-10(12)4-2-7-13(11)18/h1-2,4-7,18H,3,8-9,16H2,(H,17,19). The van der Waals surface area contributed by atoms with Gasteiger partial charge in [-0.1, -0.05) is 24.3 Å². The van der Waals surface area contributed by atoms with Crippen molar-refractivity contribution in [2.45, 2.75) is 24.8 Å². The van der Waals surface area contributed by atoms with Crippen molar-refractivity contribution >= 4 is 22.4 Å². The van der Waals surface area contributed by atoms with Crippen molar-refractivity contribution in [2.24, 2.45) is 5.73 Å². The van der Waals surface area contributed by atoms with Gasteiger partial charge in [0.25, 0.3) is 0 Å². The topological polar surface area (TPSA) is 75.4 Å². The van der Waals surface area contributed by atoms with Gasteiger partial charge in [-0.05, 0) is 31.4 Å². The quantitative estimate of drug-likeness (QED) is 0.772. The number of phenolic OH excluding ortho intramolecular Hbond substituents is 1. The van der Waals surface area contributed by atoms with Gasteiger partial charge in [0.15, 0.2) is 0 Å². The molecule has 1 amide bonds. The van der Waals surface area contributed by atoms with E-state index < -0.39 is 5.54 Å². The van der Waals surface area contributed by atoms with Crippen LogP contribution < -0.4 is 11.1 Å². The second-order valence-electron chi connectivity index (χ2n) is 5.14. The molecule has 0 atom stereocenters. The molecule has 2 aromatic carbocycles. The summed E-state index contributed by atoms with van der Waals surface area (Å²) >= 11 is 0. The third-order valence-electron chi connectivity index (χ3n) is 3.85. The lowest BCUT2D eigenvalue weighted by atomic mass is 9.77. The second-order valence-corrected chi connectivity index (χ2v) is 5.14. The van der Waals surface area contributed by atoms with Crippen LogP contribution in [0.2, 0.25) is 0 Å². The first kappa shape index (κ1) is 12.0. The zero-order valence-electron chi connectivity index (χ0n) is 10.5. The first-order valence-corrected chi connectivity index (χ1v) is 6.41. The van der Waals surface area contributed by atoms with Crippen LogP contribution in [0.4, 0.5) is 5.69 Å². The van der Waals surface area contributed by atoms with Crippen molar-refractivity contribution in [3.63, 3.8) is 0 Å². The number of carbonyl (C=O) groups excluding carboxylic acids is 1. The lowest BCUT2D eigenvalue weighted by molar-refractivity contribution is -0.123. The molecule has 4 N–H and O–H groups in total. The Morgan fingerprint density at radius 2 is 1.84 bits per heavy atom. The van der Waals surface area contributed by atoms with E-state index in [1.54, 1.807) is 12.1 Å². The van der Waals surface area contributed by atoms with Crippen molar-refractivity contribution in [1.82, 2.24) is 0 Å². The third-order valence-corrected chi connectivity index (χ3v) is 3.85. The zero-order valence-corrected chi connectivity index (χ0v) is 10.5. The predicted octanol–water partition coefficient (Wildman–Crippen LogP) is 2.37. The van der Waals surface area contributed by atoms with E-state index in [0.717, 1.165) is 30.0 Å². The molecule has 1 fully saturated rings. The van der Waals surface area contributed by atoms with Crippen LogP contribution in [-0.2, 0) is 4.79 Å². The maximum Gasteiger partial charge on any atom is 0.244 e. The van der Waals surface area contributed by atoms with E-state index in [2.05, 4.69) is 5.32 Å². The second kappa shape index (κ2) is 4.24. The van der Waals surface area contributed by atoms with E-state index in [1.165, 1.54) is 0 Å². The van der Waals surface area contributed by atoms with E-state index >= 15 is 0 Å². The molecule has 0 heterocycles. The number of hydrogen-bond acceptors (Lipinski definition) is 3. The monoisotopic (exact) mass is 256 g/mol. The summed E-state index contributed by atoms with van der Waals surface area (Å²) in [4.78, 5) is 12.1. The fourth-order valence-electron chi connectivity index (χ4n) is 2.43. The van der Waals surface area contributed by atoms with Gasteiger partial charge in [0.1, 0.15) is 5.75 Å². The molecule has 3 rings (SSSR count). The van der Waals surface area contributed by atoms with Gasteiger partial charge in [0, 0.05) is 16.5 Å². The Kier molecular flexibility index (Phi) is 2.68. The van der Waals surface area contributed by atoms with E-state index in [0.29, 0.717) is 5.69 Å². The third kappa shape index (κ3) is 1.94. The fraction of sp³-hybridized carbons (Fsp3) is 0.267. The van der Waals surface area contributed by atoms with Gasteiger partial charge in [-0.15, -0.1) is 0 Å². The van der Waals surface area contributed by atoms with Crippen molar-refractivity contribution < 1.29 is 9.90 Å². The number of aromatic hydroxyl groups is 1. The minimum atomic E-state index is -0.723. The number of phenols is 1. The molecule has 4 heteroatoms. The van der Waals surface area contributed by atoms with E-state index in [-0.39, 0.29) is 11.7 Å². The summed E-state index contributed by atoms with van der Waals surface area (Å²) in [5, 5.41) is 14.2. The molecular weight excluding hydrogens is 240 g/mol. The van der Waals surface area contributed by atoms with Crippen molar-refractivity contribution in [3.8, 4) is 5.75 Å². The maximum absolute atomic E-state index is 12.1. The molecule has 4 nitrogen and oxygen atoms in total. The Morgan fingerprint density at radius 1 is 1.16 bits per heavy atom. The van der Waals surface area contributed by atoms with Crippen LogP contribution in [0.1, 0.15) is 19.3 Å². The number of hydrogen-bond donors (Lipinski definition) is 3. The molecule has 0 bridgehead atoms. The Bertz CT molecular complexity index is 648. The number of carbonyl (C=O) groups is 1. The Balaban J connectivity index is 1.97. The highest BCUT2D eigenvalue weighted by atomic mass is 16.3. The molecule has 1 saturated carbocycles. The zero-order chi connectivity index (χ0) is 13.5. The Hall–Kier alpha value is -2.07. The molecular formula is C15H16N2O2. The number of anilines is 1. The van der Waals surface area contributed by atoms with Gasteiger partial charge in [0.05, 0.1) is 5.54 Å². The van der Waals surface area contributed by atoms with Crippen LogP contribution in [0.3, 0.4) is 0 Å². The van der Waals surface area contributed by atoms with Crippen LogP contribution in [-0.4, -0.2) is 16.6 Å². The average Bonchev–Trinajstić information content (AvgIpc) is 2.37. The van der Waals surface area contributed by atoms with Gasteiger partial charge in [-0.25, -0.2) is 0 Å². The van der Waals surface area contributed by atoms with Crippen LogP contribution in [0.25, 0.3) is 10.8 Å². The highest BCUT2D eigenvalue weighted by Gasteiger charge is 2.40. The summed E-state index contributed by atoms with van der Waals surface area (Å²) in [5.74, 6) is 0.0642. The highest BCUT2D eigenvalue weighted by Crippen LogP contribution is 2.33. The van der Waals surface area contributed by atoms with Gasteiger partial charge in [-0.2, -0.15) is 0 Å². The lowest BCUT2D eigenvalue weighted by Crippen LogP contribution is -2.56. The van der Waals surface area contributed by atoms with Crippen LogP contribution in [0.15, 0.2) is 36.4 Å². The highest BCUT2D eigenvalue weighted by molar-refractivity contribution is 6.06. The molecule has 1 aliphatic rings. The van der Waals surface area contributed by atoms with Gasteiger partial charge in [-0.3, -0.25) is 4.79 Å². The molecule has 1 aliphatic carbocycles. The summed E-state index contributed by atoms with van der Waals surface area (Å²) in [6, 6.07) is 10.7. The van der Waals surface area contributed by atoms with E-state index in [1.807, 2.05) is 24.3 Å². The summed E-state index contributed by atoms with van der Waals surface area (Å²) in [6.45, 7) is 0. The largest absolute Gasteiger partial charge is 0.507 e. The van der Waals surface area contributed by atoms with E-state index in [9.17, 15) is 9.90 Å². The van der Waals surface area contributed by atoms with Crippen molar-refractivity contribution in [1.29, 1.82) is 0 Å². The molecule has 0 spiro atoms. The van der Waals surface area contributed by atoms with Crippen LogP contribution in [0, 0.1) is 0 Å². The summed E-state index contributed by atoms with van der Waals surface area (Å²) in [7, 11) is 0. The average molecular weight is 256 g/mol. The van der Waals surface area contributed by atoms with Crippen molar-refractivity contribution in [3.05, 3.63) is 36.4 Å². The normalized spacial score (nSPS) is 16.9. The minimum Gasteiger partial charge on any atom is -0.507 e. The summed E-state index contributed by atoms with van der Waals surface area (Å²) < 4.78 is 0. The fourth-order valence-corrected chi connectivity index (χ4v) is 2.43. The molecule has 19 heavy (non-hydrogen) atoms. The maximum atomic E-state index is 12.1. The van der Waals surface area contributed by atoms with Gasteiger partial charge >= 0.3 is 0 Å².